The van der Waals surface area contributed by atoms with E-state index in [9.17, 15) is 14.7 Å². The minimum absolute atomic E-state index is 0.284. The summed E-state index contributed by atoms with van der Waals surface area (Å²) >= 11 is 0. The quantitative estimate of drug-likeness (QED) is 0.720. The van der Waals surface area contributed by atoms with E-state index in [1.54, 1.807) is 0 Å². The predicted octanol–water partition coefficient (Wildman–Crippen LogP) is 2.17. The summed E-state index contributed by atoms with van der Waals surface area (Å²) in [5, 5.41) is 14.5. The van der Waals surface area contributed by atoms with Crippen molar-refractivity contribution in [3.8, 4) is 0 Å². The highest BCUT2D eigenvalue weighted by molar-refractivity contribution is 5.82. The maximum atomic E-state index is 11.8. The van der Waals surface area contributed by atoms with Gasteiger partial charge < -0.3 is 15.7 Å². The van der Waals surface area contributed by atoms with Crippen LogP contribution in [0.15, 0.2) is 30.3 Å². The molecule has 0 bridgehead atoms. The molecule has 1 aliphatic carbocycles. The highest BCUT2D eigenvalue weighted by Crippen LogP contribution is 2.28. The summed E-state index contributed by atoms with van der Waals surface area (Å²) in [4.78, 5) is 23.0. The summed E-state index contributed by atoms with van der Waals surface area (Å²) in [5.41, 5.74) is 0.889. The SMILES string of the molecule is O=C(NCCC1CCC1)NC(Cc1ccccc1)C(=O)O. The Kier molecular flexibility index (Phi) is 5.60. The molecule has 0 heterocycles. The van der Waals surface area contributed by atoms with Gasteiger partial charge in [0, 0.05) is 13.0 Å². The van der Waals surface area contributed by atoms with Crippen LogP contribution >= 0.6 is 0 Å². The Balaban J connectivity index is 1.75. The molecule has 1 aromatic carbocycles. The van der Waals surface area contributed by atoms with E-state index in [1.807, 2.05) is 30.3 Å². The van der Waals surface area contributed by atoms with E-state index in [2.05, 4.69) is 10.6 Å². The van der Waals surface area contributed by atoms with E-state index in [4.69, 9.17) is 0 Å². The Labute approximate surface area is 124 Å². The number of hydrogen-bond donors (Lipinski definition) is 3. The van der Waals surface area contributed by atoms with Crippen LogP contribution in [0.5, 0.6) is 0 Å². The number of benzene rings is 1. The molecule has 21 heavy (non-hydrogen) atoms. The van der Waals surface area contributed by atoms with E-state index >= 15 is 0 Å². The number of carboxylic acids is 1. The zero-order valence-corrected chi connectivity index (χ0v) is 12.0. The van der Waals surface area contributed by atoms with Gasteiger partial charge >= 0.3 is 12.0 Å². The lowest BCUT2D eigenvalue weighted by Crippen LogP contribution is -2.47. The van der Waals surface area contributed by atoms with Crippen molar-refractivity contribution >= 4 is 12.0 Å². The Morgan fingerprint density at radius 2 is 1.95 bits per heavy atom. The summed E-state index contributed by atoms with van der Waals surface area (Å²) < 4.78 is 0. The standard InChI is InChI=1S/C16H22N2O3/c19-15(20)14(11-13-5-2-1-3-6-13)18-16(21)17-10-9-12-7-4-8-12/h1-3,5-6,12,14H,4,7-11H2,(H,19,20)(H2,17,18,21). The lowest BCUT2D eigenvalue weighted by atomic mass is 9.83. The van der Waals surface area contributed by atoms with E-state index in [0.29, 0.717) is 6.54 Å². The van der Waals surface area contributed by atoms with Crippen LogP contribution in [0.2, 0.25) is 0 Å². The first-order chi connectivity index (χ1) is 10.1. The second-order valence-electron chi connectivity index (χ2n) is 5.57. The van der Waals surface area contributed by atoms with Crippen LogP contribution in [0.4, 0.5) is 4.79 Å². The fourth-order valence-electron chi connectivity index (χ4n) is 2.43. The first-order valence-corrected chi connectivity index (χ1v) is 7.46. The molecular formula is C16H22N2O3. The first-order valence-electron chi connectivity index (χ1n) is 7.46. The van der Waals surface area contributed by atoms with Crippen molar-refractivity contribution in [1.29, 1.82) is 0 Å². The third kappa shape index (κ3) is 5.10. The number of urea groups is 1. The van der Waals surface area contributed by atoms with Crippen molar-refractivity contribution in [2.45, 2.75) is 38.1 Å². The summed E-state index contributed by atoms with van der Waals surface area (Å²) in [6.07, 6.45) is 5.04. The van der Waals surface area contributed by atoms with Crippen molar-refractivity contribution in [3.05, 3.63) is 35.9 Å². The van der Waals surface area contributed by atoms with Crippen molar-refractivity contribution in [2.24, 2.45) is 5.92 Å². The Hall–Kier alpha value is -2.04. The molecule has 1 aliphatic rings. The highest BCUT2D eigenvalue weighted by Gasteiger charge is 2.21. The van der Waals surface area contributed by atoms with Gasteiger partial charge in [-0.25, -0.2) is 9.59 Å². The lowest BCUT2D eigenvalue weighted by molar-refractivity contribution is -0.139. The van der Waals surface area contributed by atoms with Gasteiger partial charge in [0.1, 0.15) is 6.04 Å². The molecule has 0 spiro atoms. The van der Waals surface area contributed by atoms with Crippen molar-refractivity contribution < 1.29 is 14.7 Å². The number of amides is 2. The van der Waals surface area contributed by atoms with Gasteiger partial charge in [-0.15, -0.1) is 0 Å². The molecule has 1 aromatic rings. The van der Waals surface area contributed by atoms with Crippen LogP contribution in [0, 0.1) is 5.92 Å². The van der Waals surface area contributed by atoms with Crippen LogP contribution < -0.4 is 10.6 Å². The van der Waals surface area contributed by atoms with Gasteiger partial charge in [0.15, 0.2) is 0 Å². The van der Waals surface area contributed by atoms with Gasteiger partial charge in [0.05, 0.1) is 0 Å². The molecule has 5 nitrogen and oxygen atoms in total. The monoisotopic (exact) mass is 290 g/mol. The average molecular weight is 290 g/mol. The molecule has 1 atom stereocenters. The third-order valence-corrected chi connectivity index (χ3v) is 3.95. The number of hydrogen-bond acceptors (Lipinski definition) is 2. The number of rotatable bonds is 7. The minimum Gasteiger partial charge on any atom is -0.480 e. The molecule has 1 unspecified atom stereocenters. The maximum absolute atomic E-state index is 11.8. The van der Waals surface area contributed by atoms with Crippen LogP contribution in [0.3, 0.4) is 0 Å². The first kappa shape index (κ1) is 15.4. The molecule has 3 N–H and O–H groups in total. The van der Waals surface area contributed by atoms with Crippen LogP contribution in [-0.4, -0.2) is 29.7 Å². The van der Waals surface area contributed by atoms with E-state index in [0.717, 1.165) is 17.9 Å². The molecule has 0 saturated heterocycles. The van der Waals surface area contributed by atoms with Gasteiger partial charge in [-0.2, -0.15) is 0 Å². The van der Waals surface area contributed by atoms with Crippen LogP contribution in [-0.2, 0) is 11.2 Å². The average Bonchev–Trinajstić information content (AvgIpc) is 2.42. The Morgan fingerprint density at radius 3 is 2.52 bits per heavy atom. The topological polar surface area (TPSA) is 78.4 Å². The molecule has 0 aromatic heterocycles. The second-order valence-corrected chi connectivity index (χ2v) is 5.57. The van der Waals surface area contributed by atoms with Crippen molar-refractivity contribution in [2.75, 3.05) is 6.54 Å². The van der Waals surface area contributed by atoms with Crippen LogP contribution in [0.1, 0.15) is 31.2 Å². The normalized spacial score (nSPS) is 15.8. The highest BCUT2D eigenvalue weighted by atomic mass is 16.4. The number of aliphatic carboxylic acids is 1. The molecule has 114 valence electrons. The molecule has 5 heteroatoms. The predicted molar refractivity (Wildman–Crippen MR) is 80.1 cm³/mol. The summed E-state index contributed by atoms with van der Waals surface area (Å²) in [6.45, 7) is 0.605. The number of nitrogens with one attached hydrogen (secondary N) is 2. The maximum Gasteiger partial charge on any atom is 0.326 e. The number of carboxylic acid groups (broad SMARTS) is 1. The zero-order valence-electron chi connectivity index (χ0n) is 12.0. The molecule has 2 amide bonds. The minimum atomic E-state index is -1.02. The Bertz CT molecular complexity index is 472. The molecule has 1 fully saturated rings. The Morgan fingerprint density at radius 1 is 1.24 bits per heavy atom. The van der Waals surface area contributed by atoms with E-state index in [1.165, 1.54) is 19.3 Å². The van der Waals surface area contributed by atoms with Gasteiger partial charge in [-0.1, -0.05) is 49.6 Å². The molecule has 1 saturated carbocycles. The zero-order chi connectivity index (χ0) is 15.1. The summed E-state index contributed by atoms with van der Waals surface area (Å²) in [6, 6.07) is 7.98. The van der Waals surface area contributed by atoms with Crippen molar-refractivity contribution in [3.63, 3.8) is 0 Å². The van der Waals surface area contributed by atoms with Crippen LogP contribution in [0.25, 0.3) is 0 Å². The van der Waals surface area contributed by atoms with Crippen molar-refractivity contribution in [1.82, 2.24) is 10.6 Å². The van der Waals surface area contributed by atoms with Gasteiger partial charge in [0.25, 0.3) is 0 Å². The summed E-state index contributed by atoms with van der Waals surface area (Å²) in [7, 11) is 0. The smallest absolute Gasteiger partial charge is 0.326 e. The fourth-order valence-corrected chi connectivity index (χ4v) is 2.43. The third-order valence-electron chi connectivity index (χ3n) is 3.95. The number of carbonyl (C=O) groups is 2. The number of carbonyl (C=O) groups excluding carboxylic acids is 1. The fraction of sp³-hybridized carbons (Fsp3) is 0.500. The van der Waals surface area contributed by atoms with E-state index in [-0.39, 0.29) is 6.42 Å². The molecule has 0 radical (unpaired) electrons. The van der Waals surface area contributed by atoms with Gasteiger partial charge in [0.2, 0.25) is 0 Å². The second kappa shape index (κ2) is 7.67. The van der Waals surface area contributed by atoms with E-state index < -0.39 is 18.0 Å². The lowest BCUT2D eigenvalue weighted by Gasteiger charge is -2.25. The largest absolute Gasteiger partial charge is 0.480 e. The van der Waals surface area contributed by atoms with Gasteiger partial charge in [-0.05, 0) is 17.9 Å². The van der Waals surface area contributed by atoms with Gasteiger partial charge in [-0.3, -0.25) is 0 Å². The summed E-state index contributed by atoms with van der Waals surface area (Å²) in [5.74, 6) is -0.294. The molecular weight excluding hydrogens is 268 g/mol. The molecule has 0 aliphatic heterocycles. The molecule has 2 rings (SSSR count).